The third kappa shape index (κ3) is 3.65. The Morgan fingerprint density at radius 1 is 1.04 bits per heavy atom. The van der Waals surface area contributed by atoms with E-state index in [-0.39, 0.29) is 0 Å². The first-order valence-electron chi connectivity index (χ1n) is 7.62. The Labute approximate surface area is 145 Å². The van der Waals surface area contributed by atoms with Gasteiger partial charge in [-0.2, -0.15) is 0 Å². The van der Waals surface area contributed by atoms with Gasteiger partial charge in [0.1, 0.15) is 5.04 Å². The minimum atomic E-state index is 0.613. The second-order valence-electron chi connectivity index (χ2n) is 5.00. The molecule has 0 N–H and O–H groups in total. The number of rotatable bonds is 5. The summed E-state index contributed by atoms with van der Waals surface area (Å²) < 4.78 is 11.4. The molecule has 5 heteroatoms. The quantitative estimate of drug-likeness (QED) is 0.745. The van der Waals surface area contributed by atoms with Crippen molar-refractivity contribution in [3.05, 3.63) is 52.5 Å². The standard InChI is InChI=1S/C18H18ClNO2S/c1-3-21-15-9-13-11-20-18(12-5-7-14(19)8-6-12)23-17(13)10-16(15)22-4-2/h5-10H,3-4,11H2,1-2H3. The van der Waals surface area contributed by atoms with E-state index in [2.05, 4.69) is 11.1 Å². The first kappa shape index (κ1) is 16.2. The van der Waals surface area contributed by atoms with E-state index >= 15 is 0 Å². The first-order chi connectivity index (χ1) is 11.2. The van der Waals surface area contributed by atoms with E-state index in [1.54, 1.807) is 11.8 Å². The van der Waals surface area contributed by atoms with Crippen molar-refractivity contribution in [3.8, 4) is 11.5 Å². The van der Waals surface area contributed by atoms with Gasteiger partial charge in [-0.3, -0.25) is 4.99 Å². The largest absolute Gasteiger partial charge is 0.490 e. The van der Waals surface area contributed by atoms with Crippen molar-refractivity contribution in [1.82, 2.24) is 0 Å². The SMILES string of the molecule is CCOc1cc2c(cc1OCC)SC(c1ccc(Cl)cc1)=NC2. The molecule has 2 aromatic rings. The van der Waals surface area contributed by atoms with Gasteiger partial charge in [0.05, 0.1) is 19.8 Å². The number of benzene rings is 2. The van der Waals surface area contributed by atoms with Gasteiger partial charge in [0.25, 0.3) is 0 Å². The maximum Gasteiger partial charge on any atom is 0.162 e. The zero-order valence-corrected chi connectivity index (χ0v) is 14.7. The molecule has 0 saturated heterocycles. The van der Waals surface area contributed by atoms with Crippen LogP contribution < -0.4 is 9.47 Å². The number of thioether (sulfide) groups is 1. The molecule has 0 aliphatic carbocycles. The highest BCUT2D eigenvalue weighted by Crippen LogP contribution is 2.40. The highest BCUT2D eigenvalue weighted by Gasteiger charge is 2.19. The molecule has 0 fully saturated rings. The Morgan fingerprint density at radius 2 is 1.70 bits per heavy atom. The summed E-state index contributed by atoms with van der Waals surface area (Å²) in [6, 6.07) is 11.9. The Kier molecular flexibility index (Phi) is 5.13. The third-order valence-electron chi connectivity index (χ3n) is 3.42. The maximum absolute atomic E-state index is 5.96. The minimum Gasteiger partial charge on any atom is -0.490 e. The summed E-state index contributed by atoms with van der Waals surface area (Å²) in [7, 11) is 0. The van der Waals surface area contributed by atoms with Crippen LogP contribution in [-0.2, 0) is 6.54 Å². The third-order valence-corrected chi connectivity index (χ3v) is 4.83. The summed E-state index contributed by atoms with van der Waals surface area (Å²) in [6.45, 7) is 5.82. The first-order valence-corrected chi connectivity index (χ1v) is 8.81. The average Bonchev–Trinajstić information content (AvgIpc) is 2.56. The number of hydrogen-bond donors (Lipinski definition) is 0. The van der Waals surface area contributed by atoms with E-state index in [0.29, 0.717) is 19.8 Å². The van der Waals surface area contributed by atoms with Crippen LogP contribution >= 0.6 is 23.4 Å². The van der Waals surface area contributed by atoms with Gasteiger partial charge in [0.2, 0.25) is 0 Å². The molecule has 1 heterocycles. The number of aliphatic imine (C=N–C) groups is 1. The van der Waals surface area contributed by atoms with Crippen molar-refractivity contribution in [2.45, 2.75) is 25.3 Å². The van der Waals surface area contributed by atoms with Gasteiger partial charge in [-0.15, -0.1) is 0 Å². The van der Waals surface area contributed by atoms with Crippen LogP contribution in [0.25, 0.3) is 0 Å². The number of hydrogen-bond acceptors (Lipinski definition) is 4. The summed E-state index contributed by atoms with van der Waals surface area (Å²) in [5, 5.41) is 1.73. The van der Waals surface area contributed by atoms with E-state index in [1.165, 1.54) is 5.56 Å². The lowest BCUT2D eigenvalue weighted by Crippen LogP contribution is -2.06. The summed E-state index contributed by atoms with van der Waals surface area (Å²) in [6.07, 6.45) is 0. The van der Waals surface area contributed by atoms with Gasteiger partial charge in [-0.1, -0.05) is 35.5 Å². The Morgan fingerprint density at radius 3 is 2.35 bits per heavy atom. The molecule has 0 amide bonds. The monoisotopic (exact) mass is 347 g/mol. The minimum absolute atomic E-state index is 0.613. The number of nitrogens with zero attached hydrogens (tertiary/aromatic N) is 1. The van der Waals surface area contributed by atoms with Crippen LogP contribution in [0.15, 0.2) is 46.3 Å². The maximum atomic E-state index is 5.96. The molecule has 0 spiro atoms. The topological polar surface area (TPSA) is 30.8 Å². The molecule has 2 aromatic carbocycles. The zero-order valence-electron chi connectivity index (χ0n) is 13.1. The van der Waals surface area contributed by atoms with Crippen LogP contribution in [-0.4, -0.2) is 18.3 Å². The van der Waals surface area contributed by atoms with E-state index in [1.807, 2.05) is 44.2 Å². The van der Waals surface area contributed by atoms with Crippen LogP contribution in [0.1, 0.15) is 25.0 Å². The summed E-state index contributed by atoms with van der Waals surface area (Å²) in [5.74, 6) is 1.58. The van der Waals surface area contributed by atoms with Crippen molar-refractivity contribution in [2.24, 2.45) is 4.99 Å². The van der Waals surface area contributed by atoms with E-state index in [0.717, 1.165) is 32.0 Å². The molecular weight excluding hydrogens is 330 g/mol. The lowest BCUT2D eigenvalue weighted by atomic mass is 10.2. The van der Waals surface area contributed by atoms with Gasteiger partial charge in [0.15, 0.2) is 11.5 Å². The van der Waals surface area contributed by atoms with Gasteiger partial charge < -0.3 is 9.47 Å². The molecule has 0 unspecified atom stereocenters. The molecule has 23 heavy (non-hydrogen) atoms. The molecule has 0 atom stereocenters. The number of fused-ring (bicyclic) bond motifs is 1. The molecule has 0 bridgehead atoms. The Hall–Kier alpha value is -1.65. The van der Waals surface area contributed by atoms with Crippen LogP contribution in [0.5, 0.6) is 11.5 Å². The summed E-state index contributed by atoms with van der Waals surface area (Å²) >= 11 is 7.61. The number of ether oxygens (including phenoxy) is 2. The lowest BCUT2D eigenvalue weighted by Gasteiger charge is -2.19. The predicted octanol–water partition coefficient (Wildman–Crippen LogP) is 5.19. The second-order valence-corrected chi connectivity index (χ2v) is 6.47. The van der Waals surface area contributed by atoms with Crippen molar-refractivity contribution in [3.63, 3.8) is 0 Å². The lowest BCUT2D eigenvalue weighted by molar-refractivity contribution is 0.286. The fourth-order valence-corrected chi connectivity index (χ4v) is 3.51. The van der Waals surface area contributed by atoms with Crippen molar-refractivity contribution in [1.29, 1.82) is 0 Å². The molecule has 1 aliphatic heterocycles. The van der Waals surface area contributed by atoms with E-state index in [4.69, 9.17) is 21.1 Å². The van der Waals surface area contributed by atoms with Crippen LogP contribution in [0.3, 0.4) is 0 Å². The van der Waals surface area contributed by atoms with Crippen molar-refractivity contribution >= 4 is 28.4 Å². The van der Waals surface area contributed by atoms with Gasteiger partial charge in [0, 0.05) is 15.5 Å². The molecule has 1 aliphatic rings. The number of halogens is 1. The van der Waals surface area contributed by atoms with Crippen LogP contribution in [0, 0.1) is 0 Å². The Balaban J connectivity index is 1.90. The molecule has 3 nitrogen and oxygen atoms in total. The molecular formula is C18H18ClNO2S. The van der Waals surface area contributed by atoms with Gasteiger partial charge >= 0.3 is 0 Å². The molecule has 0 aromatic heterocycles. The molecule has 3 rings (SSSR count). The van der Waals surface area contributed by atoms with Crippen molar-refractivity contribution in [2.75, 3.05) is 13.2 Å². The second kappa shape index (κ2) is 7.28. The van der Waals surface area contributed by atoms with Crippen molar-refractivity contribution < 1.29 is 9.47 Å². The normalized spacial score (nSPS) is 13.3. The Bertz CT molecular complexity index is 729. The fraction of sp³-hybridized carbons (Fsp3) is 0.278. The van der Waals surface area contributed by atoms with Crippen LogP contribution in [0.2, 0.25) is 5.02 Å². The fourth-order valence-electron chi connectivity index (χ4n) is 2.37. The predicted molar refractivity (Wildman–Crippen MR) is 96.3 cm³/mol. The zero-order chi connectivity index (χ0) is 16.2. The highest BCUT2D eigenvalue weighted by atomic mass is 35.5. The summed E-state index contributed by atoms with van der Waals surface area (Å²) in [4.78, 5) is 5.85. The smallest absolute Gasteiger partial charge is 0.162 e. The van der Waals surface area contributed by atoms with E-state index in [9.17, 15) is 0 Å². The molecule has 120 valence electrons. The average molecular weight is 348 g/mol. The molecule has 0 radical (unpaired) electrons. The summed E-state index contributed by atoms with van der Waals surface area (Å²) in [5.41, 5.74) is 2.25. The molecule has 0 saturated carbocycles. The van der Waals surface area contributed by atoms with Gasteiger partial charge in [-0.05, 0) is 43.7 Å². The van der Waals surface area contributed by atoms with Crippen LogP contribution in [0.4, 0.5) is 0 Å². The highest BCUT2D eigenvalue weighted by molar-refractivity contribution is 8.14. The van der Waals surface area contributed by atoms with Gasteiger partial charge in [-0.25, -0.2) is 0 Å². The van der Waals surface area contributed by atoms with E-state index < -0.39 is 0 Å².